The van der Waals surface area contributed by atoms with Gasteiger partial charge in [-0.1, -0.05) is 41.9 Å². The second kappa shape index (κ2) is 13.9. The van der Waals surface area contributed by atoms with Gasteiger partial charge in [0.25, 0.3) is 0 Å². The summed E-state index contributed by atoms with van der Waals surface area (Å²) >= 11 is 7.19. The fraction of sp³-hybridized carbons (Fsp3) is 0.293. The molecule has 2 aliphatic rings. The van der Waals surface area contributed by atoms with E-state index < -0.39 is 5.97 Å². The number of aromatic nitrogens is 3. The van der Waals surface area contributed by atoms with Crippen LogP contribution in [0.1, 0.15) is 52.8 Å². The van der Waals surface area contributed by atoms with Gasteiger partial charge in [0.1, 0.15) is 11.6 Å². The van der Waals surface area contributed by atoms with Gasteiger partial charge in [-0.3, -0.25) is 24.6 Å². The van der Waals surface area contributed by atoms with Crippen molar-refractivity contribution < 1.29 is 14.3 Å². The maximum Gasteiger partial charge on any atom is 0.307 e. The number of oxazole rings is 1. The zero-order chi connectivity index (χ0) is 35.1. The van der Waals surface area contributed by atoms with E-state index in [1.54, 1.807) is 0 Å². The molecule has 0 bridgehead atoms. The first-order valence-corrected chi connectivity index (χ1v) is 17.8. The third-order valence-corrected chi connectivity index (χ3v) is 10.8. The number of nitriles is 1. The lowest BCUT2D eigenvalue weighted by Gasteiger charge is -2.15. The van der Waals surface area contributed by atoms with Crippen molar-refractivity contribution in [2.45, 2.75) is 45.7 Å². The minimum Gasteiger partial charge on any atom is -0.481 e. The monoisotopic (exact) mass is 696 g/mol. The number of halogens is 1. The lowest BCUT2D eigenvalue weighted by molar-refractivity contribution is -0.141. The smallest absolute Gasteiger partial charge is 0.307 e. The maximum atomic E-state index is 11.5. The van der Waals surface area contributed by atoms with Gasteiger partial charge in [0, 0.05) is 55.0 Å². The fourth-order valence-electron chi connectivity index (χ4n) is 7.66. The Balaban J connectivity index is 1.08. The zero-order valence-corrected chi connectivity index (χ0v) is 29.2. The molecule has 8 rings (SSSR count). The van der Waals surface area contributed by atoms with Crippen molar-refractivity contribution in [1.29, 1.82) is 5.26 Å². The van der Waals surface area contributed by atoms with Gasteiger partial charge in [-0.2, -0.15) is 5.26 Å². The zero-order valence-electron chi connectivity index (χ0n) is 28.4. The van der Waals surface area contributed by atoms with Crippen LogP contribution in [0.15, 0.2) is 77.5 Å². The van der Waals surface area contributed by atoms with Crippen molar-refractivity contribution in [3.8, 4) is 28.7 Å². The topological polar surface area (TPSA) is 119 Å². The summed E-state index contributed by atoms with van der Waals surface area (Å²) in [5.74, 6) is -0.706. The highest BCUT2D eigenvalue weighted by Gasteiger charge is 2.28. The van der Waals surface area contributed by atoms with E-state index in [0.717, 1.165) is 69.6 Å². The summed E-state index contributed by atoms with van der Waals surface area (Å²) in [5, 5.41) is 21.1. The quantitative estimate of drug-likeness (QED) is 0.160. The molecule has 0 saturated carbocycles. The number of carbonyl (C=O) groups is 1. The summed E-state index contributed by atoms with van der Waals surface area (Å²) in [6.07, 6.45) is 7.52. The Kier molecular flexibility index (Phi) is 8.99. The number of hydrogen-bond acceptors (Lipinski definition) is 8. The van der Waals surface area contributed by atoms with Crippen LogP contribution in [0.5, 0.6) is 0 Å². The lowest BCUT2D eigenvalue weighted by atomic mass is 9.94. The summed E-state index contributed by atoms with van der Waals surface area (Å²) in [4.78, 5) is 30.5. The Bertz CT molecular complexity index is 2340. The molecule has 2 saturated heterocycles. The van der Waals surface area contributed by atoms with Gasteiger partial charge in [-0.15, -0.1) is 0 Å². The molecule has 5 heterocycles. The molecule has 1 N–H and O–H groups in total. The summed E-state index contributed by atoms with van der Waals surface area (Å²) in [6.45, 7) is 6.98. The molecule has 6 aromatic rings. The maximum absolute atomic E-state index is 11.5. The molecule has 51 heavy (non-hydrogen) atoms. The third-order valence-electron chi connectivity index (χ3n) is 10.3. The first-order chi connectivity index (χ1) is 24.8. The van der Waals surface area contributed by atoms with Crippen LogP contribution in [0.4, 0.5) is 0 Å². The van der Waals surface area contributed by atoms with Gasteiger partial charge in [0.2, 0.25) is 5.89 Å². The summed E-state index contributed by atoms with van der Waals surface area (Å²) in [6, 6.07) is 22.3. The predicted octanol–water partition coefficient (Wildman–Crippen LogP) is 8.03. The van der Waals surface area contributed by atoms with Crippen LogP contribution >= 0.6 is 11.6 Å². The average Bonchev–Trinajstić information content (AvgIpc) is 3.91. The van der Waals surface area contributed by atoms with E-state index in [-0.39, 0.29) is 5.92 Å². The second-order valence-electron chi connectivity index (χ2n) is 13.8. The minimum absolute atomic E-state index is 0.364. The summed E-state index contributed by atoms with van der Waals surface area (Å²) < 4.78 is 6.26. The lowest BCUT2D eigenvalue weighted by Crippen LogP contribution is -2.22. The van der Waals surface area contributed by atoms with Gasteiger partial charge in [-0.05, 0) is 104 Å². The molecule has 0 aliphatic carbocycles. The number of nitrogens with zero attached hydrogens (tertiary/aromatic N) is 6. The largest absolute Gasteiger partial charge is 0.481 e. The number of benzene rings is 3. The molecular formula is C41H37ClN6O3. The number of pyridine rings is 2. The van der Waals surface area contributed by atoms with Crippen LogP contribution < -0.4 is 0 Å². The summed E-state index contributed by atoms with van der Waals surface area (Å²) in [5.41, 5.74) is 9.91. The van der Waals surface area contributed by atoms with E-state index in [4.69, 9.17) is 31.0 Å². The Morgan fingerprint density at radius 1 is 0.980 bits per heavy atom. The third kappa shape index (κ3) is 6.59. The number of carboxylic acids is 1. The van der Waals surface area contributed by atoms with Gasteiger partial charge in [0.05, 0.1) is 27.7 Å². The van der Waals surface area contributed by atoms with E-state index in [9.17, 15) is 15.2 Å². The van der Waals surface area contributed by atoms with Crippen LogP contribution in [0.3, 0.4) is 0 Å². The van der Waals surface area contributed by atoms with Gasteiger partial charge >= 0.3 is 5.97 Å². The number of rotatable bonds is 9. The molecular weight excluding hydrogens is 660 g/mol. The van der Waals surface area contributed by atoms with Crippen LogP contribution in [-0.4, -0.2) is 62.0 Å². The van der Waals surface area contributed by atoms with Crippen LogP contribution in [0.2, 0.25) is 5.02 Å². The number of aliphatic carboxylic acids is 1. The molecule has 3 aromatic carbocycles. The molecule has 0 radical (unpaired) electrons. The van der Waals surface area contributed by atoms with Crippen LogP contribution in [-0.2, 0) is 24.3 Å². The fourth-order valence-corrected chi connectivity index (χ4v) is 7.95. The van der Waals surface area contributed by atoms with Crippen LogP contribution in [0, 0.1) is 24.2 Å². The molecule has 0 unspecified atom stereocenters. The molecule has 2 aliphatic heterocycles. The van der Waals surface area contributed by atoms with Crippen molar-refractivity contribution >= 4 is 39.6 Å². The minimum atomic E-state index is -0.766. The van der Waals surface area contributed by atoms with Crippen molar-refractivity contribution in [1.82, 2.24) is 24.8 Å². The first kappa shape index (κ1) is 33.0. The first-order valence-electron chi connectivity index (χ1n) is 17.5. The Morgan fingerprint density at radius 2 is 1.76 bits per heavy atom. The van der Waals surface area contributed by atoms with E-state index >= 15 is 0 Å². The molecule has 1 atom stereocenters. The van der Waals surface area contributed by atoms with E-state index in [1.165, 1.54) is 18.4 Å². The number of fused-ring (bicyclic) bond motifs is 2. The van der Waals surface area contributed by atoms with E-state index in [1.807, 2.05) is 73.9 Å². The average molecular weight is 697 g/mol. The highest BCUT2D eigenvalue weighted by molar-refractivity contribution is 6.34. The van der Waals surface area contributed by atoms with Crippen LogP contribution in [0.25, 0.3) is 44.6 Å². The Hall–Kier alpha value is -5.14. The van der Waals surface area contributed by atoms with E-state index in [0.29, 0.717) is 60.1 Å². The highest BCUT2D eigenvalue weighted by atomic mass is 35.5. The second-order valence-corrected chi connectivity index (χ2v) is 14.1. The molecule has 9 nitrogen and oxygen atoms in total. The number of likely N-dealkylation sites (tertiary alicyclic amines) is 2. The molecule has 256 valence electrons. The van der Waals surface area contributed by atoms with Gasteiger partial charge in [0.15, 0.2) is 5.58 Å². The van der Waals surface area contributed by atoms with Crippen molar-refractivity contribution in [2.75, 3.05) is 26.2 Å². The molecule has 0 spiro atoms. The molecule has 10 heteroatoms. The molecule has 2 fully saturated rings. The Labute approximate surface area is 301 Å². The van der Waals surface area contributed by atoms with Crippen molar-refractivity contribution in [3.63, 3.8) is 0 Å². The number of hydrogen-bond donors (Lipinski definition) is 1. The Morgan fingerprint density at radius 3 is 2.57 bits per heavy atom. The van der Waals surface area contributed by atoms with Crippen molar-refractivity contribution in [2.24, 2.45) is 5.92 Å². The van der Waals surface area contributed by atoms with Crippen molar-refractivity contribution in [3.05, 3.63) is 112 Å². The summed E-state index contributed by atoms with van der Waals surface area (Å²) in [7, 11) is 0. The molecule has 3 aromatic heterocycles. The predicted molar refractivity (Wildman–Crippen MR) is 197 cm³/mol. The van der Waals surface area contributed by atoms with E-state index in [2.05, 4.69) is 21.9 Å². The molecule has 0 amide bonds. The normalized spacial score (nSPS) is 16.7. The highest BCUT2D eigenvalue weighted by Crippen LogP contribution is 2.38. The van der Waals surface area contributed by atoms with Gasteiger partial charge < -0.3 is 9.52 Å². The SMILES string of the molecule is Cc1c(-c2nc3cc(CN4CC[C@H](C(=O)O)C4)cc(C#N)c3o2)cccc1-c1cccc(Cc2nccc3cc(CN4CCCC4)cnc23)c1Cl. The van der Waals surface area contributed by atoms with Gasteiger partial charge in [-0.25, -0.2) is 4.98 Å². The standard InChI is InChI=1S/C41H37ClN6O3/c1-25-32(7-5-8-33(25)40-46-36-18-26(16-31(20-43)39(36)51-40)22-48-15-11-30(24-48)41(49)50)34-9-4-6-28(37(34)42)19-35-38-29(10-12-44-35)17-27(21-45-38)23-47-13-2-3-14-47/h4-10,12,16-18,21,30H,2-3,11,13-15,19,22-24H2,1H3,(H,49,50)/t30-/m0/s1. The number of carboxylic acid groups (broad SMARTS) is 1.